The number of hydrogen-bond acceptors (Lipinski definition) is 2. The van der Waals surface area contributed by atoms with E-state index in [0.717, 1.165) is 32.4 Å². The highest BCUT2D eigenvalue weighted by molar-refractivity contribution is 9.09. The van der Waals surface area contributed by atoms with Crippen LogP contribution in [0.4, 0.5) is 0 Å². The molecule has 1 aliphatic heterocycles. The summed E-state index contributed by atoms with van der Waals surface area (Å²) in [5, 5.41) is 3.08. The second-order valence-electron chi connectivity index (χ2n) is 5.54. The minimum Gasteiger partial charge on any atom is -0.378 e. The number of rotatable bonds is 5. The number of amides is 1. The van der Waals surface area contributed by atoms with Crippen LogP contribution in [0.3, 0.4) is 0 Å². The molecule has 18 heavy (non-hydrogen) atoms. The molecule has 3 unspecified atom stereocenters. The predicted molar refractivity (Wildman–Crippen MR) is 75.9 cm³/mol. The lowest BCUT2D eigenvalue weighted by atomic mass is 9.89. The van der Waals surface area contributed by atoms with Crippen molar-refractivity contribution in [2.75, 3.05) is 13.2 Å². The molecule has 0 radical (unpaired) electrons. The van der Waals surface area contributed by atoms with E-state index >= 15 is 0 Å². The Balaban J connectivity index is 1.58. The summed E-state index contributed by atoms with van der Waals surface area (Å²) in [5.74, 6) is 0.807. The lowest BCUT2D eigenvalue weighted by molar-refractivity contribution is -0.121. The van der Waals surface area contributed by atoms with Crippen LogP contribution >= 0.6 is 15.9 Å². The van der Waals surface area contributed by atoms with Gasteiger partial charge in [-0.05, 0) is 38.0 Å². The van der Waals surface area contributed by atoms with Crippen molar-refractivity contribution in [2.24, 2.45) is 5.92 Å². The lowest BCUT2D eigenvalue weighted by Crippen LogP contribution is -2.34. The molecule has 4 heteroatoms. The highest BCUT2D eigenvalue weighted by Gasteiger charge is 2.23. The van der Waals surface area contributed by atoms with Crippen LogP contribution in [-0.2, 0) is 9.53 Å². The van der Waals surface area contributed by atoms with Gasteiger partial charge in [0.15, 0.2) is 0 Å². The van der Waals surface area contributed by atoms with Crippen molar-refractivity contribution in [1.29, 1.82) is 0 Å². The van der Waals surface area contributed by atoms with E-state index in [9.17, 15) is 4.79 Å². The first-order valence-electron chi connectivity index (χ1n) is 7.28. The minimum atomic E-state index is 0.191. The van der Waals surface area contributed by atoms with Gasteiger partial charge in [0, 0.05) is 24.4 Å². The molecule has 3 atom stereocenters. The third-order valence-electron chi connectivity index (χ3n) is 4.10. The zero-order valence-corrected chi connectivity index (χ0v) is 12.6. The van der Waals surface area contributed by atoms with Crippen LogP contribution in [0.5, 0.6) is 0 Å². The van der Waals surface area contributed by atoms with Crippen molar-refractivity contribution in [3.63, 3.8) is 0 Å². The number of alkyl halides is 1. The average Bonchev–Trinajstić information content (AvgIpc) is 2.88. The number of halogens is 1. The van der Waals surface area contributed by atoms with Crippen molar-refractivity contribution < 1.29 is 9.53 Å². The molecule has 2 fully saturated rings. The molecule has 1 amide bonds. The first-order valence-corrected chi connectivity index (χ1v) is 8.19. The average molecular weight is 318 g/mol. The van der Waals surface area contributed by atoms with Gasteiger partial charge < -0.3 is 10.1 Å². The normalized spacial score (nSPS) is 32.4. The van der Waals surface area contributed by atoms with Gasteiger partial charge in [0.25, 0.3) is 0 Å². The Bertz CT molecular complexity index is 267. The van der Waals surface area contributed by atoms with E-state index in [1.165, 1.54) is 25.7 Å². The fourth-order valence-corrected chi connectivity index (χ4v) is 3.66. The van der Waals surface area contributed by atoms with Crippen LogP contribution in [-0.4, -0.2) is 30.0 Å². The first-order chi connectivity index (χ1) is 8.75. The first kappa shape index (κ1) is 14.3. The fourth-order valence-electron chi connectivity index (χ4n) is 2.89. The molecule has 0 spiro atoms. The van der Waals surface area contributed by atoms with Crippen LogP contribution in [0.15, 0.2) is 0 Å². The summed E-state index contributed by atoms with van der Waals surface area (Å²) in [4.78, 5) is 12.4. The molecular formula is C14H24BrNO2. The van der Waals surface area contributed by atoms with E-state index in [-0.39, 0.29) is 5.91 Å². The Labute approximate surface area is 118 Å². The standard InChI is InChI=1S/C14H24BrNO2/c15-13-6-2-1-4-11(13)10-16-14(17)8-7-12-5-3-9-18-12/h11-13H,1-10H2,(H,16,17). The zero-order valence-electron chi connectivity index (χ0n) is 11.0. The summed E-state index contributed by atoms with van der Waals surface area (Å²) in [5.41, 5.74) is 0. The molecule has 3 nitrogen and oxygen atoms in total. The van der Waals surface area contributed by atoms with Crippen LogP contribution < -0.4 is 5.32 Å². The van der Waals surface area contributed by atoms with Gasteiger partial charge in [-0.3, -0.25) is 4.79 Å². The van der Waals surface area contributed by atoms with E-state index in [1.54, 1.807) is 0 Å². The summed E-state index contributed by atoms with van der Waals surface area (Å²) in [6, 6.07) is 0. The highest BCUT2D eigenvalue weighted by Crippen LogP contribution is 2.29. The number of hydrogen-bond donors (Lipinski definition) is 1. The molecule has 104 valence electrons. The van der Waals surface area contributed by atoms with Crippen LogP contribution in [0.2, 0.25) is 0 Å². The number of carbonyl (C=O) groups excluding carboxylic acids is 1. The number of carbonyl (C=O) groups is 1. The Morgan fingerprint density at radius 2 is 2.06 bits per heavy atom. The quantitative estimate of drug-likeness (QED) is 0.791. The van der Waals surface area contributed by atoms with Crippen molar-refractivity contribution in [1.82, 2.24) is 5.32 Å². The summed E-state index contributed by atoms with van der Waals surface area (Å²) in [7, 11) is 0. The summed E-state index contributed by atoms with van der Waals surface area (Å²) in [6.45, 7) is 1.71. The Morgan fingerprint density at radius 3 is 2.78 bits per heavy atom. The molecule has 1 aliphatic carbocycles. The van der Waals surface area contributed by atoms with E-state index in [2.05, 4.69) is 21.2 Å². The minimum absolute atomic E-state index is 0.191. The second-order valence-corrected chi connectivity index (χ2v) is 6.71. The lowest BCUT2D eigenvalue weighted by Gasteiger charge is -2.27. The number of nitrogens with one attached hydrogen (secondary N) is 1. The summed E-state index contributed by atoms with van der Waals surface area (Å²) < 4.78 is 5.53. The van der Waals surface area contributed by atoms with Gasteiger partial charge in [-0.15, -0.1) is 0 Å². The molecule has 0 aromatic carbocycles. The predicted octanol–water partition coefficient (Wildman–Crippen LogP) is 3.02. The van der Waals surface area contributed by atoms with E-state index in [4.69, 9.17) is 4.74 Å². The van der Waals surface area contributed by atoms with E-state index in [1.807, 2.05) is 0 Å². The van der Waals surface area contributed by atoms with Crippen molar-refractivity contribution in [2.45, 2.75) is 62.3 Å². The topological polar surface area (TPSA) is 38.3 Å². The molecule has 1 saturated carbocycles. The molecule has 0 bridgehead atoms. The van der Waals surface area contributed by atoms with Crippen LogP contribution in [0.25, 0.3) is 0 Å². The van der Waals surface area contributed by atoms with Gasteiger partial charge in [-0.25, -0.2) is 0 Å². The third-order valence-corrected chi connectivity index (χ3v) is 5.30. The second kappa shape index (κ2) is 7.49. The van der Waals surface area contributed by atoms with Crippen molar-refractivity contribution in [3.05, 3.63) is 0 Å². The van der Waals surface area contributed by atoms with Gasteiger partial charge >= 0.3 is 0 Å². The molecule has 1 heterocycles. The third kappa shape index (κ3) is 4.54. The van der Waals surface area contributed by atoms with Gasteiger partial charge in [0.1, 0.15) is 0 Å². The molecule has 0 aromatic heterocycles. The van der Waals surface area contributed by atoms with Gasteiger partial charge in [-0.2, -0.15) is 0 Å². The molecule has 1 saturated heterocycles. The smallest absolute Gasteiger partial charge is 0.220 e. The van der Waals surface area contributed by atoms with Gasteiger partial charge in [-0.1, -0.05) is 28.8 Å². The Hall–Kier alpha value is -0.0900. The molecule has 0 aromatic rings. The molecule has 2 rings (SSSR count). The van der Waals surface area contributed by atoms with Crippen molar-refractivity contribution >= 4 is 21.8 Å². The summed E-state index contributed by atoms with van der Waals surface area (Å²) in [6.07, 6.45) is 9.21. The van der Waals surface area contributed by atoms with E-state index < -0.39 is 0 Å². The van der Waals surface area contributed by atoms with Crippen LogP contribution in [0, 0.1) is 5.92 Å². The Kier molecular flexibility index (Phi) is 5.96. The largest absolute Gasteiger partial charge is 0.378 e. The maximum absolute atomic E-state index is 11.8. The maximum Gasteiger partial charge on any atom is 0.220 e. The van der Waals surface area contributed by atoms with Crippen LogP contribution in [0.1, 0.15) is 51.4 Å². The van der Waals surface area contributed by atoms with E-state index in [0.29, 0.717) is 23.3 Å². The monoisotopic (exact) mass is 317 g/mol. The summed E-state index contributed by atoms with van der Waals surface area (Å²) >= 11 is 3.73. The molecular weight excluding hydrogens is 294 g/mol. The molecule has 2 aliphatic rings. The van der Waals surface area contributed by atoms with Gasteiger partial charge in [0.2, 0.25) is 5.91 Å². The fraction of sp³-hybridized carbons (Fsp3) is 0.929. The zero-order chi connectivity index (χ0) is 12.8. The molecule has 1 N–H and O–H groups in total. The number of ether oxygens (including phenoxy) is 1. The van der Waals surface area contributed by atoms with Crippen molar-refractivity contribution in [3.8, 4) is 0 Å². The maximum atomic E-state index is 11.8. The Morgan fingerprint density at radius 1 is 1.22 bits per heavy atom. The van der Waals surface area contributed by atoms with Gasteiger partial charge in [0.05, 0.1) is 6.10 Å². The highest BCUT2D eigenvalue weighted by atomic mass is 79.9. The SMILES string of the molecule is O=C(CCC1CCCO1)NCC1CCCCC1Br.